The minimum Gasteiger partial charge on any atom is -0.444 e. The molecule has 0 aliphatic rings. The van der Waals surface area contributed by atoms with Gasteiger partial charge in [0.25, 0.3) is 0 Å². The highest BCUT2D eigenvalue weighted by Gasteiger charge is 2.15. The molecule has 16 heavy (non-hydrogen) atoms. The average molecular weight is 227 g/mol. The molecule has 0 aromatic rings. The van der Waals surface area contributed by atoms with E-state index < -0.39 is 11.7 Å². The van der Waals surface area contributed by atoms with Gasteiger partial charge in [-0.25, -0.2) is 4.79 Å². The molecule has 0 heterocycles. The van der Waals surface area contributed by atoms with E-state index in [1.54, 1.807) is 26.8 Å². The first-order valence-electron chi connectivity index (χ1n) is 4.95. The van der Waals surface area contributed by atoms with E-state index in [1.807, 2.05) is 0 Å². The highest BCUT2D eigenvalue weighted by molar-refractivity contribution is 5.78. The van der Waals surface area contributed by atoms with Crippen LogP contribution < -0.4 is 10.6 Å². The molecule has 2 N–H and O–H groups in total. The molecule has 0 aromatic carbocycles. The van der Waals surface area contributed by atoms with Gasteiger partial charge in [-0.05, 0) is 20.8 Å². The Labute approximate surface area is 95.0 Å². The molecule has 0 bridgehead atoms. The number of hydrogen-bond donors (Lipinski definition) is 2. The molecule has 0 fully saturated rings. The van der Waals surface area contributed by atoms with E-state index in [0.29, 0.717) is 0 Å². The monoisotopic (exact) mass is 227 g/mol. The zero-order chi connectivity index (χ0) is 12.6. The molecule has 6 heteroatoms. The summed E-state index contributed by atoms with van der Waals surface area (Å²) in [7, 11) is 0. The Bertz CT molecular complexity index is 289. The van der Waals surface area contributed by atoms with Gasteiger partial charge in [0, 0.05) is 13.1 Å². The van der Waals surface area contributed by atoms with Crippen molar-refractivity contribution in [1.29, 1.82) is 5.26 Å². The summed E-state index contributed by atoms with van der Waals surface area (Å²) in [6.07, 6.45) is -0.700. The highest BCUT2D eigenvalue weighted by Crippen LogP contribution is 2.05. The SMILES string of the molecule is CC(C)(C)OC(=O)NCCNC(=O)CC#N. The van der Waals surface area contributed by atoms with Crippen LogP contribution in [0.15, 0.2) is 0 Å². The Morgan fingerprint density at radius 3 is 2.31 bits per heavy atom. The van der Waals surface area contributed by atoms with E-state index in [1.165, 1.54) is 0 Å². The van der Waals surface area contributed by atoms with Gasteiger partial charge in [-0.1, -0.05) is 0 Å². The first kappa shape index (κ1) is 14.2. The van der Waals surface area contributed by atoms with Gasteiger partial charge in [-0.2, -0.15) is 5.26 Å². The summed E-state index contributed by atoms with van der Waals surface area (Å²) in [4.78, 5) is 22.0. The summed E-state index contributed by atoms with van der Waals surface area (Å²) in [5.41, 5.74) is -0.534. The highest BCUT2D eigenvalue weighted by atomic mass is 16.6. The van der Waals surface area contributed by atoms with Crippen molar-refractivity contribution in [3.63, 3.8) is 0 Å². The average Bonchev–Trinajstić information content (AvgIpc) is 2.10. The van der Waals surface area contributed by atoms with Gasteiger partial charge >= 0.3 is 6.09 Å². The van der Waals surface area contributed by atoms with Gasteiger partial charge in [0.15, 0.2) is 0 Å². The number of ether oxygens (including phenoxy) is 1. The zero-order valence-electron chi connectivity index (χ0n) is 9.79. The zero-order valence-corrected chi connectivity index (χ0v) is 9.79. The lowest BCUT2D eigenvalue weighted by Gasteiger charge is -2.19. The summed E-state index contributed by atoms with van der Waals surface area (Å²) in [6.45, 7) is 5.84. The second kappa shape index (κ2) is 6.67. The fourth-order valence-electron chi connectivity index (χ4n) is 0.815. The van der Waals surface area contributed by atoms with Gasteiger partial charge in [-0.3, -0.25) is 4.79 Å². The lowest BCUT2D eigenvalue weighted by Crippen LogP contribution is -2.37. The van der Waals surface area contributed by atoms with Crippen molar-refractivity contribution in [2.45, 2.75) is 32.8 Å². The van der Waals surface area contributed by atoms with Crippen LogP contribution in [-0.2, 0) is 9.53 Å². The van der Waals surface area contributed by atoms with Crippen LogP contribution in [0.1, 0.15) is 27.2 Å². The van der Waals surface area contributed by atoms with Crippen LogP contribution >= 0.6 is 0 Å². The molecule has 0 atom stereocenters. The molecule has 0 radical (unpaired) electrons. The van der Waals surface area contributed by atoms with Gasteiger partial charge in [-0.15, -0.1) is 0 Å². The van der Waals surface area contributed by atoms with Gasteiger partial charge < -0.3 is 15.4 Å². The maximum atomic E-state index is 11.1. The molecule has 0 saturated carbocycles. The van der Waals surface area contributed by atoms with Crippen LogP contribution in [0.3, 0.4) is 0 Å². The second-order valence-corrected chi connectivity index (χ2v) is 4.11. The summed E-state index contributed by atoms with van der Waals surface area (Å²) in [5.74, 6) is -0.353. The summed E-state index contributed by atoms with van der Waals surface area (Å²) >= 11 is 0. The number of amides is 2. The van der Waals surface area contributed by atoms with Crippen LogP contribution in [0.2, 0.25) is 0 Å². The van der Waals surface area contributed by atoms with Crippen molar-refractivity contribution >= 4 is 12.0 Å². The molecule has 0 aromatic heterocycles. The van der Waals surface area contributed by atoms with Gasteiger partial charge in [0.2, 0.25) is 5.91 Å². The number of carbonyl (C=O) groups is 2. The molecule has 0 aliphatic carbocycles. The number of nitrogens with one attached hydrogen (secondary N) is 2. The van der Waals surface area contributed by atoms with Crippen molar-refractivity contribution < 1.29 is 14.3 Å². The number of alkyl carbamates (subject to hydrolysis) is 1. The van der Waals surface area contributed by atoms with Crippen LogP contribution in [0.5, 0.6) is 0 Å². The summed E-state index contributed by atoms with van der Waals surface area (Å²) in [6, 6.07) is 1.72. The molecule has 0 rings (SSSR count). The van der Waals surface area contributed by atoms with Crippen LogP contribution in [0.4, 0.5) is 4.79 Å². The molecule has 90 valence electrons. The van der Waals surface area contributed by atoms with Crippen molar-refractivity contribution in [2.24, 2.45) is 0 Å². The third kappa shape index (κ3) is 8.81. The predicted octanol–water partition coefficient (Wildman–Crippen LogP) is 0.541. The number of nitriles is 1. The molecule has 0 spiro atoms. The Hall–Kier alpha value is -1.77. The topological polar surface area (TPSA) is 91.2 Å². The number of nitrogens with zero attached hydrogens (tertiary/aromatic N) is 1. The Morgan fingerprint density at radius 2 is 1.81 bits per heavy atom. The molecular weight excluding hydrogens is 210 g/mol. The lowest BCUT2D eigenvalue weighted by atomic mass is 10.2. The third-order valence-corrected chi connectivity index (χ3v) is 1.36. The van der Waals surface area contributed by atoms with Crippen LogP contribution in [0, 0.1) is 11.3 Å². The van der Waals surface area contributed by atoms with Crippen molar-refractivity contribution in [2.75, 3.05) is 13.1 Å². The quantitative estimate of drug-likeness (QED) is 0.686. The van der Waals surface area contributed by atoms with E-state index in [2.05, 4.69) is 10.6 Å². The summed E-state index contributed by atoms with van der Waals surface area (Å²) in [5, 5.41) is 13.2. The largest absolute Gasteiger partial charge is 0.444 e. The Morgan fingerprint density at radius 1 is 1.25 bits per heavy atom. The maximum Gasteiger partial charge on any atom is 0.407 e. The van der Waals surface area contributed by atoms with E-state index in [0.717, 1.165) is 0 Å². The number of rotatable bonds is 4. The predicted molar refractivity (Wildman–Crippen MR) is 57.5 cm³/mol. The lowest BCUT2D eigenvalue weighted by molar-refractivity contribution is -0.120. The fraction of sp³-hybridized carbons (Fsp3) is 0.700. The van der Waals surface area contributed by atoms with Crippen LogP contribution in [0.25, 0.3) is 0 Å². The van der Waals surface area contributed by atoms with Crippen molar-refractivity contribution in [3.8, 4) is 6.07 Å². The first-order valence-corrected chi connectivity index (χ1v) is 4.95. The van der Waals surface area contributed by atoms with E-state index >= 15 is 0 Å². The van der Waals surface area contributed by atoms with E-state index in [-0.39, 0.29) is 25.4 Å². The van der Waals surface area contributed by atoms with Gasteiger partial charge in [0.05, 0.1) is 6.07 Å². The van der Waals surface area contributed by atoms with Crippen molar-refractivity contribution in [1.82, 2.24) is 10.6 Å². The summed E-state index contributed by atoms with van der Waals surface area (Å²) < 4.78 is 4.98. The number of hydrogen-bond acceptors (Lipinski definition) is 4. The van der Waals surface area contributed by atoms with Crippen molar-refractivity contribution in [3.05, 3.63) is 0 Å². The second-order valence-electron chi connectivity index (χ2n) is 4.11. The Balaban J connectivity index is 3.57. The van der Waals surface area contributed by atoms with E-state index in [9.17, 15) is 9.59 Å². The number of carbonyl (C=O) groups excluding carboxylic acids is 2. The first-order chi connectivity index (χ1) is 7.35. The minimum atomic E-state index is -0.534. The minimum absolute atomic E-state index is 0.174. The Kier molecular flexibility index (Phi) is 5.93. The standard InChI is InChI=1S/C10H17N3O3/c1-10(2,3)16-9(15)13-7-6-12-8(14)4-5-11/h4,6-7H2,1-3H3,(H,12,14)(H,13,15). The molecule has 2 amide bonds. The molecular formula is C10H17N3O3. The van der Waals surface area contributed by atoms with E-state index in [4.69, 9.17) is 10.00 Å². The third-order valence-electron chi connectivity index (χ3n) is 1.36. The molecule has 0 saturated heterocycles. The normalized spacial score (nSPS) is 10.1. The molecule has 0 unspecified atom stereocenters. The molecule has 6 nitrogen and oxygen atoms in total. The fourth-order valence-corrected chi connectivity index (χ4v) is 0.815. The smallest absolute Gasteiger partial charge is 0.407 e. The molecule has 0 aliphatic heterocycles. The maximum absolute atomic E-state index is 11.1. The van der Waals surface area contributed by atoms with Gasteiger partial charge in [0.1, 0.15) is 12.0 Å². The van der Waals surface area contributed by atoms with Crippen LogP contribution in [-0.4, -0.2) is 30.7 Å².